The van der Waals surface area contributed by atoms with Gasteiger partial charge in [0.05, 0.1) is 28.4 Å². The second kappa shape index (κ2) is 11.0. The second-order valence-corrected chi connectivity index (χ2v) is 13.4. The lowest BCUT2D eigenvalue weighted by Crippen LogP contribution is -2.40. The highest BCUT2D eigenvalue weighted by molar-refractivity contribution is 8.02. The Hall–Kier alpha value is -3.58. The summed E-state index contributed by atoms with van der Waals surface area (Å²) in [4.78, 5) is -0.168. The molecule has 0 amide bonds. The van der Waals surface area contributed by atoms with Crippen molar-refractivity contribution in [1.29, 1.82) is 0 Å². The van der Waals surface area contributed by atoms with Crippen molar-refractivity contribution in [1.82, 2.24) is 0 Å². The third kappa shape index (κ3) is 5.07. The number of rotatable bonds is 9. The highest BCUT2D eigenvalue weighted by Crippen LogP contribution is 2.57. The molecule has 198 valence electrons. The number of ether oxygens (including phenoxy) is 4. The SMILES string of the molecule is COc1cc(OC)cc([P+](c2ccccc2)(c2cc(OC)cc(OC)c2)c2ccc(C)cc2S(=O)(=O)O)c1. The van der Waals surface area contributed by atoms with Crippen molar-refractivity contribution in [2.45, 2.75) is 11.8 Å². The molecule has 38 heavy (non-hydrogen) atoms. The second-order valence-electron chi connectivity index (χ2n) is 8.59. The van der Waals surface area contributed by atoms with Crippen LogP contribution in [0.3, 0.4) is 0 Å². The molecular weight excluding hydrogens is 523 g/mol. The fourth-order valence-corrected chi connectivity index (χ4v) is 10.3. The average molecular weight is 554 g/mol. The molecule has 4 aromatic rings. The van der Waals surface area contributed by atoms with Gasteiger partial charge in [0.25, 0.3) is 10.1 Å². The van der Waals surface area contributed by atoms with Crippen molar-refractivity contribution in [3.05, 3.63) is 90.5 Å². The van der Waals surface area contributed by atoms with Gasteiger partial charge >= 0.3 is 0 Å². The predicted octanol–water partition coefficient (Wildman–Crippen LogP) is 3.90. The molecule has 0 aliphatic heterocycles. The van der Waals surface area contributed by atoms with Gasteiger partial charge in [-0.3, -0.25) is 4.55 Å². The maximum absolute atomic E-state index is 12.9. The molecule has 0 saturated carbocycles. The van der Waals surface area contributed by atoms with Gasteiger partial charge in [0.2, 0.25) is 0 Å². The van der Waals surface area contributed by atoms with Crippen molar-refractivity contribution in [2.24, 2.45) is 0 Å². The summed E-state index contributed by atoms with van der Waals surface area (Å²) in [6.07, 6.45) is 0. The van der Waals surface area contributed by atoms with Crippen LogP contribution < -0.4 is 40.2 Å². The van der Waals surface area contributed by atoms with Crippen LogP contribution >= 0.6 is 7.26 Å². The lowest BCUT2D eigenvalue weighted by Gasteiger charge is -2.29. The van der Waals surface area contributed by atoms with E-state index in [1.165, 1.54) is 6.07 Å². The fourth-order valence-electron chi connectivity index (χ4n) is 4.59. The van der Waals surface area contributed by atoms with E-state index >= 15 is 0 Å². The van der Waals surface area contributed by atoms with E-state index in [0.29, 0.717) is 33.9 Å². The summed E-state index contributed by atoms with van der Waals surface area (Å²) in [6, 6.07) is 25.8. The van der Waals surface area contributed by atoms with Crippen molar-refractivity contribution in [3.8, 4) is 23.0 Å². The van der Waals surface area contributed by atoms with Gasteiger partial charge in [-0.15, -0.1) is 0 Å². The predicted molar refractivity (Wildman–Crippen MR) is 152 cm³/mol. The summed E-state index contributed by atoms with van der Waals surface area (Å²) >= 11 is 0. The van der Waals surface area contributed by atoms with E-state index in [4.69, 9.17) is 18.9 Å². The molecule has 0 atom stereocenters. The Morgan fingerprint density at radius 1 is 0.605 bits per heavy atom. The minimum Gasteiger partial charge on any atom is -0.496 e. The van der Waals surface area contributed by atoms with Crippen LogP contribution in [-0.4, -0.2) is 41.4 Å². The molecule has 1 N–H and O–H groups in total. The summed E-state index contributed by atoms with van der Waals surface area (Å²) in [7, 11) is -1.46. The lowest BCUT2D eigenvalue weighted by atomic mass is 10.2. The Labute approximate surface area is 224 Å². The zero-order valence-electron chi connectivity index (χ0n) is 21.8. The lowest BCUT2D eigenvalue weighted by molar-refractivity contribution is 0.395. The van der Waals surface area contributed by atoms with Crippen LogP contribution in [0, 0.1) is 6.92 Å². The molecule has 0 fully saturated rings. The van der Waals surface area contributed by atoms with Crippen LogP contribution in [0.5, 0.6) is 23.0 Å². The minimum absolute atomic E-state index is 0.168. The van der Waals surface area contributed by atoms with Crippen LogP contribution in [-0.2, 0) is 10.1 Å². The third-order valence-corrected chi connectivity index (χ3v) is 11.6. The molecule has 0 saturated heterocycles. The highest BCUT2D eigenvalue weighted by Gasteiger charge is 2.52. The number of aryl methyl sites for hydroxylation is 1. The van der Waals surface area contributed by atoms with Gasteiger partial charge in [0, 0.05) is 36.4 Å². The quantitative estimate of drug-likeness (QED) is 0.248. The number of hydrogen-bond donors (Lipinski definition) is 1. The molecule has 0 aliphatic rings. The summed E-state index contributed by atoms with van der Waals surface area (Å²) in [6.45, 7) is 1.78. The van der Waals surface area contributed by atoms with Crippen molar-refractivity contribution < 1.29 is 31.9 Å². The van der Waals surface area contributed by atoms with Crippen LogP contribution in [0.25, 0.3) is 0 Å². The van der Waals surface area contributed by atoms with E-state index in [9.17, 15) is 13.0 Å². The van der Waals surface area contributed by atoms with Crippen molar-refractivity contribution >= 4 is 38.6 Å². The third-order valence-electron chi connectivity index (χ3n) is 6.35. The normalized spacial score (nSPS) is 11.6. The minimum atomic E-state index is -4.62. The van der Waals surface area contributed by atoms with Crippen molar-refractivity contribution in [3.63, 3.8) is 0 Å². The topological polar surface area (TPSA) is 91.3 Å². The monoisotopic (exact) mass is 553 g/mol. The molecule has 0 spiro atoms. The molecule has 7 nitrogen and oxygen atoms in total. The van der Waals surface area contributed by atoms with Crippen LogP contribution in [0.1, 0.15) is 5.56 Å². The van der Waals surface area contributed by atoms with Gasteiger partial charge in [0.1, 0.15) is 56.4 Å². The van der Waals surface area contributed by atoms with Gasteiger partial charge in [-0.25, -0.2) is 0 Å². The molecule has 0 radical (unpaired) electrons. The first-order valence-corrected chi connectivity index (χ1v) is 14.9. The summed E-state index contributed by atoms with van der Waals surface area (Å²) < 4.78 is 58.8. The van der Waals surface area contributed by atoms with E-state index in [1.807, 2.05) is 60.7 Å². The van der Waals surface area contributed by atoms with E-state index in [2.05, 4.69) is 0 Å². The zero-order chi connectivity index (χ0) is 27.5. The van der Waals surface area contributed by atoms with Gasteiger partial charge in [-0.2, -0.15) is 8.42 Å². The van der Waals surface area contributed by atoms with E-state index in [0.717, 1.165) is 15.9 Å². The van der Waals surface area contributed by atoms with E-state index in [1.54, 1.807) is 53.6 Å². The maximum Gasteiger partial charge on any atom is 0.298 e. The largest absolute Gasteiger partial charge is 0.496 e. The average Bonchev–Trinajstić information content (AvgIpc) is 2.93. The Morgan fingerprint density at radius 3 is 1.45 bits per heavy atom. The smallest absolute Gasteiger partial charge is 0.298 e. The van der Waals surface area contributed by atoms with E-state index in [-0.39, 0.29) is 4.90 Å². The standard InChI is InChI=1S/C29H29O7PS/c1-20-11-12-28(29(13-20)38(30,31)32)37(25-9-7-6-8-10-25,26-16-21(33-2)14-22(17-26)34-3)27-18-23(35-4)15-24(19-27)36-5/h6-19H,1-5H3/p+1. The molecule has 0 unspecified atom stereocenters. The van der Waals surface area contributed by atoms with Gasteiger partial charge in [-0.1, -0.05) is 24.3 Å². The molecule has 9 heteroatoms. The molecule has 0 aromatic heterocycles. The Bertz CT molecular complexity index is 1450. The number of benzene rings is 4. The summed E-state index contributed by atoms with van der Waals surface area (Å²) in [5, 5.41) is 2.80. The van der Waals surface area contributed by atoms with Gasteiger partial charge in [-0.05, 0) is 36.8 Å². The number of methoxy groups -OCH3 is 4. The first kappa shape index (κ1) is 27.5. The highest BCUT2D eigenvalue weighted by atomic mass is 32.2. The number of hydrogen-bond acceptors (Lipinski definition) is 6. The molecule has 0 heterocycles. The molecule has 0 bridgehead atoms. The molecule has 4 rings (SSSR count). The van der Waals surface area contributed by atoms with Crippen LogP contribution in [0.2, 0.25) is 0 Å². The molecule has 0 aliphatic carbocycles. The Morgan fingerprint density at radius 2 is 1.05 bits per heavy atom. The van der Waals surface area contributed by atoms with Crippen LogP contribution in [0.4, 0.5) is 0 Å². The summed E-state index contributed by atoms with van der Waals surface area (Å²) in [5.74, 6) is 2.15. The molecule has 4 aromatic carbocycles. The van der Waals surface area contributed by atoms with Crippen molar-refractivity contribution in [2.75, 3.05) is 28.4 Å². The van der Waals surface area contributed by atoms with Crippen LogP contribution in [0.15, 0.2) is 89.8 Å². The zero-order valence-corrected chi connectivity index (χ0v) is 23.5. The van der Waals surface area contributed by atoms with Gasteiger partial charge < -0.3 is 18.9 Å². The molecular formula is C29H30O7PS+. The first-order valence-electron chi connectivity index (χ1n) is 11.7. The summed E-state index contributed by atoms with van der Waals surface area (Å²) in [5.41, 5.74) is 0.694. The fraction of sp³-hybridized carbons (Fsp3) is 0.172. The Kier molecular flexibility index (Phi) is 7.97. The first-order chi connectivity index (χ1) is 18.2. The Balaban J connectivity index is 2.33. The maximum atomic E-state index is 12.9. The van der Waals surface area contributed by atoms with E-state index < -0.39 is 17.4 Å². The van der Waals surface area contributed by atoms with Gasteiger partial charge in [0.15, 0.2) is 0 Å².